The average molecular weight is 531 g/mol. The van der Waals surface area contributed by atoms with E-state index in [2.05, 4.69) is 5.16 Å². The summed E-state index contributed by atoms with van der Waals surface area (Å²) in [7, 11) is 0. The highest BCUT2D eigenvalue weighted by molar-refractivity contribution is 5.90. The second-order valence-corrected chi connectivity index (χ2v) is 15.3. The molecule has 0 aromatic rings. The van der Waals surface area contributed by atoms with Crippen molar-refractivity contribution in [1.82, 2.24) is 0 Å². The van der Waals surface area contributed by atoms with Gasteiger partial charge in [-0.3, -0.25) is 4.79 Å². The highest BCUT2D eigenvalue weighted by Gasteiger charge is 2.55. The summed E-state index contributed by atoms with van der Waals surface area (Å²) in [4.78, 5) is 11.6. The van der Waals surface area contributed by atoms with Gasteiger partial charge < -0.3 is 26.3 Å². The SMILES string of the molecule is C.NC1C2CC3CC1CC(O)(C3)C2.O=C1C2CC3CC1CC(O)(C3)C2.ON=C1C2CC3CC1CC(O)(C3)C2. The molecule has 6 N–H and O–H groups in total. The van der Waals surface area contributed by atoms with E-state index in [1.54, 1.807) is 0 Å². The normalized spacial score (nSPS) is 55.6. The van der Waals surface area contributed by atoms with Gasteiger partial charge in [0, 0.05) is 29.7 Å². The van der Waals surface area contributed by atoms with Crippen molar-refractivity contribution < 1.29 is 25.3 Å². The molecule has 0 spiro atoms. The number of hydrogen-bond acceptors (Lipinski definition) is 7. The number of hydrogen-bond donors (Lipinski definition) is 5. The fraction of sp³-hybridized carbons (Fsp3) is 0.935. The van der Waals surface area contributed by atoms with Crippen LogP contribution in [0.1, 0.15) is 104 Å². The van der Waals surface area contributed by atoms with Gasteiger partial charge in [0.15, 0.2) is 0 Å². The van der Waals surface area contributed by atoms with Crippen molar-refractivity contribution in [3.63, 3.8) is 0 Å². The van der Waals surface area contributed by atoms with Gasteiger partial charge in [-0.25, -0.2) is 0 Å². The molecule has 12 aliphatic rings. The molecule has 0 heterocycles. The molecule has 7 heteroatoms. The minimum atomic E-state index is -0.440. The molecule has 0 radical (unpaired) electrons. The number of rotatable bonds is 0. The van der Waals surface area contributed by atoms with E-state index in [9.17, 15) is 20.1 Å². The molecule has 214 valence electrons. The maximum atomic E-state index is 11.6. The number of carbonyl (C=O) groups excluding carboxylic acids is 1. The minimum absolute atomic E-state index is 0. The lowest BCUT2D eigenvalue weighted by Crippen LogP contribution is -2.59. The first-order valence-electron chi connectivity index (χ1n) is 15.2. The van der Waals surface area contributed by atoms with Crippen LogP contribution in [0.5, 0.6) is 0 Å². The summed E-state index contributed by atoms with van der Waals surface area (Å²) < 4.78 is 0. The molecule has 0 amide bonds. The van der Waals surface area contributed by atoms with Crippen LogP contribution in [0, 0.1) is 53.3 Å². The first-order valence-corrected chi connectivity index (χ1v) is 15.2. The predicted octanol–water partition coefficient (Wildman–Crippen LogP) is 4.03. The quantitative estimate of drug-likeness (QED) is 0.237. The van der Waals surface area contributed by atoms with E-state index in [1.165, 1.54) is 12.8 Å². The molecule has 12 fully saturated rings. The van der Waals surface area contributed by atoms with Crippen molar-refractivity contribution >= 4 is 11.5 Å². The molecule has 0 aliphatic heterocycles. The van der Waals surface area contributed by atoms with Crippen molar-refractivity contribution in [2.45, 2.75) is 127 Å². The fourth-order valence-corrected chi connectivity index (χ4v) is 11.6. The van der Waals surface area contributed by atoms with Gasteiger partial charge in [0.1, 0.15) is 5.78 Å². The minimum Gasteiger partial charge on any atom is -0.411 e. The van der Waals surface area contributed by atoms with Gasteiger partial charge >= 0.3 is 0 Å². The predicted molar refractivity (Wildman–Crippen MR) is 144 cm³/mol. The lowest BCUT2D eigenvalue weighted by Gasteiger charge is -2.57. The molecule has 6 atom stereocenters. The zero-order chi connectivity index (χ0) is 25.7. The summed E-state index contributed by atoms with van der Waals surface area (Å²) in [5, 5.41) is 42.7. The van der Waals surface area contributed by atoms with Crippen LogP contribution in [-0.4, -0.2) is 54.9 Å². The summed E-state index contributed by atoms with van der Waals surface area (Å²) in [6.07, 6.45) is 15.2. The van der Waals surface area contributed by atoms with Crippen molar-refractivity contribution in [3.8, 4) is 0 Å². The van der Waals surface area contributed by atoms with Gasteiger partial charge in [-0.05, 0) is 126 Å². The van der Waals surface area contributed by atoms with Crippen molar-refractivity contribution in [3.05, 3.63) is 0 Å². The first-order chi connectivity index (χ1) is 17.5. The lowest BCUT2D eigenvalue weighted by molar-refractivity contribution is -0.161. The van der Waals surface area contributed by atoms with Crippen LogP contribution < -0.4 is 5.73 Å². The number of Topliss-reactive ketones (excluding diaryl/α,β-unsaturated/α-hetero) is 1. The Morgan fingerprint density at radius 2 is 0.974 bits per heavy atom. The third kappa shape index (κ3) is 4.57. The van der Waals surface area contributed by atoms with Gasteiger partial charge in [-0.1, -0.05) is 12.6 Å². The zero-order valence-corrected chi connectivity index (χ0v) is 22.1. The Morgan fingerprint density at radius 1 is 0.605 bits per heavy atom. The highest BCUT2D eigenvalue weighted by Crippen LogP contribution is 2.56. The number of oxime groups is 1. The Balaban J connectivity index is 0.000000103. The van der Waals surface area contributed by atoms with Crippen molar-refractivity contribution in [2.75, 3.05) is 0 Å². The summed E-state index contributed by atoms with van der Waals surface area (Å²) in [5.74, 6) is 5.08. The zero-order valence-electron chi connectivity index (χ0n) is 22.1. The van der Waals surface area contributed by atoms with Gasteiger partial charge in [-0.15, -0.1) is 0 Å². The Bertz CT molecular complexity index is 929. The number of nitrogens with two attached hydrogens (primary N) is 1. The Hall–Kier alpha value is -1.02. The van der Waals surface area contributed by atoms with Crippen LogP contribution >= 0.6 is 0 Å². The Kier molecular flexibility index (Phi) is 6.61. The van der Waals surface area contributed by atoms with Crippen LogP contribution in [0.3, 0.4) is 0 Å². The van der Waals surface area contributed by atoms with E-state index >= 15 is 0 Å². The third-order valence-electron chi connectivity index (χ3n) is 12.4. The molecule has 6 unspecified atom stereocenters. The Morgan fingerprint density at radius 3 is 1.37 bits per heavy atom. The maximum Gasteiger partial charge on any atom is 0.139 e. The summed E-state index contributed by atoms with van der Waals surface area (Å²) in [5.41, 5.74) is 5.94. The molecule has 12 saturated carbocycles. The molecule has 12 aliphatic carbocycles. The highest BCUT2D eigenvalue weighted by atomic mass is 16.4. The summed E-state index contributed by atoms with van der Waals surface area (Å²) in [6.45, 7) is 0. The van der Waals surface area contributed by atoms with Crippen LogP contribution in [-0.2, 0) is 4.79 Å². The van der Waals surface area contributed by atoms with Gasteiger partial charge in [0.2, 0.25) is 0 Å². The number of ketones is 1. The standard InChI is InChI=1S/C10H15NO2.C10H17NO.C10H14O2.CH4/c12-10-3-6-1-7(4-10)9(11-13)8(2-6)5-10;2*11-9-7-1-6-2-8(9)5-10(12,3-6)4-7;/h6-8,12-13H,1-5H2;6-9,12H,1-5,11H2;6-8,12H,1-5H2;1H4. The monoisotopic (exact) mass is 530 g/mol. The summed E-state index contributed by atoms with van der Waals surface area (Å²) in [6, 6.07) is 0.404. The second kappa shape index (κ2) is 9.25. The van der Waals surface area contributed by atoms with Crippen LogP contribution in [0.25, 0.3) is 0 Å². The van der Waals surface area contributed by atoms with Crippen molar-refractivity contribution in [1.29, 1.82) is 0 Å². The van der Waals surface area contributed by atoms with Gasteiger partial charge in [-0.2, -0.15) is 0 Å². The topological polar surface area (TPSA) is 136 Å². The molecule has 0 aromatic carbocycles. The number of aliphatic hydroxyl groups is 3. The number of carbonyl (C=O) groups is 1. The molecule has 7 nitrogen and oxygen atoms in total. The van der Waals surface area contributed by atoms with Crippen LogP contribution in [0.15, 0.2) is 5.16 Å². The van der Waals surface area contributed by atoms with E-state index in [1.807, 2.05) is 0 Å². The number of nitrogens with zero attached hydrogens (tertiary/aromatic N) is 1. The Labute approximate surface area is 227 Å². The largest absolute Gasteiger partial charge is 0.411 e. The molecular weight excluding hydrogens is 480 g/mol. The molecule has 0 aromatic heterocycles. The van der Waals surface area contributed by atoms with Gasteiger partial charge in [0.25, 0.3) is 0 Å². The molecular formula is C31H50N2O5. The van der Waals surface area contributed by atoms with Gasteiger partial charge in [0.05, 0.1) is 22.5 Å². The molecule has 12 rings (SSSR count). The third-order valence-corrected chi connectivity index (χ3v) is 12.4. The second-order valence-electron chi connectivity index (χ2n) is 15.3. The van der Waals surface area contributed by atoms with E-state index in [0.29, 0.717) is 47.3 Å². The first kappa shape index (κ1) is 27.2. The molecule has 12 bridgehead atoms. The van der Waals surface area contributed by atoms with E-state index in [4.69, 9.17) is 10.9 Å². The lowest BCUT2D eigenvalue weighted by atomic mass is 9.52. The fourth-order valence-electron chi connectivity index (χ4n) is 11.6. The van der Waals surface area contributed by atoms with Crippen molar-refractivity contribution in [2.24, 2.45) is 64.2 Å². The van der Waals surface area contributed by atoms with Crippen LogP contribution in [0.4, 0.5) is 0 Å². The van der Waals surface area contributed by atoms with Crippen LogP contribution in [0.2, 0.25) is 0 Å². The average Bonchev–Trinajstić information content (AvgIpc) is 2.78. The maximum absolute atomic E-state index is 11.6. The van der Waals surface area contributed by atoms with E-state index in [-0.39, 0.29) is 24.9 Å². The smallest absolute Gasteiger partial charge is 0.139 e. The molecule has 38 heavy (non-hydrogen) atoms. The van der Waals surface area contributed by atoms with E-state index in [0.717, 1.165) is 95.1 Å². The van der Waals surface area contributed by atoms with E-state index < -0.39 is 11.2 Å². The molecule has 0 saturated heterocycles. The summed E-state index contributed by atoms with van der Waals surface area (Å²) >= 11 is 0.